The van der Waals surface area contributed by atoms with Crippen molar-refractivity contribution in [2.75, 3.05) is 26.2 Å². The number of likely N-dealkylation sites (tertiary alicyclic amines) is 2. The molecule has 5 heteroatoms. The highest BCUT2D eigenvalue weighted by molar-refractivity contribution is 5.80. The molecule has 1 aromatic rings. The van der Waals surface area contributed by atoms with Crippen LogP contribution in [0.4, 0.5) is 0 Å². The van der Waals surface area contributed by atoms with E-state index in [1.807, 2.05) is 28.0 Å². The van der Waals surface area contributed by atoms with Gasteiger partial charge in [-0.2, -0.15) is 0 Å². The van der Waals surface area contributed by atoms with E-state index in [9.17, 15) is 9.59 Å². The summed E-state index contributed by atoms with van der Waals surface area (Å²) in [4.78, 5) is 28.9. The lowest BCUT2D eigenvalue weighted by molar-refractivity contribution is -0.141. The third-order valence-corrected chi connectivity index (χ3v) is 5.44. The molecule has 2 amide bonds. The minimum absolute atomic E-state index is 0.0588. The molecule has 1 unspecified atom stereocenters. The Hall–Kier alpha value is -1.88. The van der Waals surface area contributed by atoms with Gasteiger partial charge in [-0.3, -0.25) is 9.59 Å². The number of nitrogens with zero attached hydrogens (tertiary/aromatic N) is 2. The van der Waals surface area contributed by atoms with Gasteiger partial charge in [-0.05, 0) is 37.7 Å². The molecule has 2 aliphatic heterocycles. The van der Waals surface area contributed by atoms with E-state index in [0.717, 1.165) is 38.6 Å². The molecule has 25 heavy (non-hydrogen) atoms. The normalized spacial score (nSPS) is 22.0. The highest BCUT2D eigenvalue weighted by Crippen LogP contribution is 2.22. The number of amides is 2. The third kappa shape index (κ3) is 4.82. The number of hydrogen-bond donors (Lipinski definition) is 1. The molecular formula is C20H29N3O2. The van der Waals surface area contributed by atoms with Gasteiger partial charge in [-0.25, -0.2) is 0 Å². The Morgan fingerprint density at radius 1 is 1.00 bits per heavy atom. The molecule has 0 saturated carbocycles. The Kier molecular flexibility index (Phi) is 6.08. The molecule has 0 radical (unpaired) electrons. The predicted octanol–water partition coefficient (Wildman–Crippen LogP) is 1.81. The first-order valence-electron chi connectivity index (χ1n) is 9.49. The average Bonchev–Trinajstić information content (AvgIpc) is 2.66. The van der Waals surface area contributed by atoms with Crippen LogP contribution in [-0.4, -0.2) is 53.8 Å². The van der Waals surface area contributed by atoms with E-state index >= 15 is 0 Å². The summed E-state index contributed by atoms with van der Waals surface area (Å²) in [6, 6.07) is 10.2. The third-order valence-electron chi connectivity index (χ3n) is 5.44. The van der Waals surface area contributed by atoms with Crippen LogP contribution in [0, 0.1) is 5.92 Å². The van der Waals surface area contributed by atoms with Crippen molar-refractivity contribution >= 4 is 11.8 Å². The molecule has 2 aliphatic rings. The van der Waals surface area contributed by atoms with Gasteiger partial charge in [-0.1, -0.05) is 30.3 Å². The minimum atomic E-state index is 0.0588. The average molecular weight is 343 g/mol. The monoisotopic (exact) mass is 343 g/mol. The number of hydrogen-bond acceptors (Lipinski definition) is 3. The molecule has 0 bridgehead atoms. The molecule has 1 aromatic carbocycles. The van der Waals surface area contributed by atoms with E-state index in [0.29, 0.717) is 26.1 Å². The SMILES string of the molecule is NC1CCCN(C(=O)C2CCN(C(=O)CCc3ccccc3)CC2)C1. The van der Waals surface area contributed by atoms with E-state index in [4.69, 9.17) is 5.73 Å². The first kappa shape index (κ1) is 17.9. The zero-order chi connectivity index (χ0) is 17.6. The van der Waals surface area contributed by atoms with Gasteiger partial charge in [0.1, 0.15) is 0 Å². The fourth-order valence-electron chi connectivity index (χ4n) is 3.90. The van der Waals surface area contributed by atoms with E-state index in [-0.39, 0.29) is 23.8 Å². The lowest BCUT2D eigenvalue weighted by atomic mass is 9.93. The van der Waals surface area contributed by atoms with Crippen molar-refractivity contribution < 1.29 is 9.59 Å². The highest BCUT2D eigenvalue weighted by atomic mass is 16.2. The second-order valence-corrected chi connectivity index (χ2v) is 7.33. The summed E-state index contributed by atoms with van der Waals surface area (Å²) in [7, 11) is 0. The maximum Gasteiger partial charge on any atom is 0.225 e. The Morgan fingerprint density at radius 3 is 2.40 bits per heavy atom. The van der Waals surface area contributed by atoms with Crippen molar-refractivity contribution in [3.63, 3.8) is 0 Å². The van der Waals surface area contributed by atoms with Crippen LogP contribution in [0.25, 0.3) is 0 Å². The molecule has 0 spiro atoms. The Bertz CT molecular complexity index is 582. The highest BCUT2D eigenvalue weighted by Gasteiger charge is 2.31. The molecule has 1 atom stereocenters. The van der Waals surface area contributed by atoms with Crippen molar-refractivity contribution in [3.8, 4) is 0 Å². The van der Waals surface area contributed by atoms with Crippen LogP contribution in [0.3, 0.4) is 0 Å². The van der Waals surface area contributed by atoms with E-state index in [2.05, 4.69) is 12.1 Å². The van der Waals surface area contributed by atoms with Gasteiger partial charge in [0.15, 0.2) is 0 Å². The van der Waals surface area contributed by atoms with Gasteiger partial charge in [0.2, 0.25) is 11.8 Å². The van der Waals surface area contributed by atoms with E-state index < -0.39 is 0 Å². The molecular weight excluding hydrogens is 314 g/mol. The standard InChI is InChI=1S/C20H29N3O2/c21-18-7-4-12-23(15-18)20(25)17-10-13-22(14-11-17)19(24)9-8-16-5-2-1-3-6-16/h1-3,5-6,17-18H,4,7-15,21H2. The van der Waals surface area contributed by atoms with E-state index in [1.165, 1.54) is 5.56 Å². The molecule has 2 N–H and O–H groups in total. The van der Waals surface area contributed by atoms with Crippen LogP contribution >= 0.6 is 0 Å². The number of rotatable bonds is 4. The molecule has 0 aliphatic carbocycles. The summed E-state index contributed by atoms with van der Waals surface area (Å²) in [6.07, 6.45) is 4.90. The van der Waals surface area contributed by atoms with Gasteiger partial charge in [0.25, 0.3) is 0 Å². The summed E-state index contributed by atoms with van der Waals surface area (Å²) >= 11 is 0. The fraction of sp³-hybridized carbons (Fsp3) is 0.600. The van der Waals surface area contributed by atoms with Gasteiger partial charge < -0.3 is 15.5 Å². The summed E-state index contributed by atoms with van der Waals surface area (Å²) in [5.74, 6) is 0.504. The zero-order valence-corrected chi connectivity index (χ0v) is 14.9. The fourth-order valence-corrected chi connectivity index (χ4v) is 3.90. The Labute approximate surface area is 150 Å². The van der Waals surface area contributed by atoms with Crippen LogP contribution in [-0.2, 0) is 16.0 Å². The van der Waals surface area contributed by atoms with Gasteiger partial charge in [0, 0.05) is 44.6 Å². The first-order chi connectivity index (χ1) is 12.1. The maximum atomic E-state index is 12.7. The van der Waals surface area contributed by atoms with E-state index in [1.54, 1.807) is 0 Å². The quantitative estimate of drug-likeness (QED) is 0.907. The minimum Gasteiger partial charge on any atom is -0.343 e. The van der Waals surface area contributed by atoms with Crippen molar-refractivity contribution in [2.45, 2.75) is 44.6 Å². The Morgan fingerprint density at radius 2 is 1.72 bits per heavy atom. The number of carbonyl (C=O) groups is 2. The predicted molar refractivity (Wildman–Crippen MR) is 97.9 cm³/mol. The maximum absolute atomic E-state index is 12.7. The summed E-state index contributed by atoms with van der Waals surface area (Å²) in [6.45, 7) is 2.92. The van der Waals surface area contributed by atoms with Crippen LogP contribution in [0.15, 0.2) is 30.3 Å². The van der Waals surface area contributed by atoms with Crippen LogP contribution in [0.1, 0.15) is 37.7 Å². The van der Waals surface area contributed by atoms with Crippen molar-refractivity contribution in [2.24, 2.45) is 11.7 Å². The van der Waals surface area contributed by atoms with Crippen LogP contribution in [0.5, 0.6) is 0 Å². The number of nitrogens with two attached hydrogens (primary N) is 1. The van der Waals surface area contributed by atoms with Crippen molar-refractivity contribution in [3.05, 3.63) is 35.9 Å². The number of benzene rings is 1. The van der Waals surface area contributed by atoms with Crippen molar-refractivity contribution in [1.29, 1.82) is 0 Å². The largest absolute Gasteiger partial charge is 0.343 e. The number of piperidine rings is 2. The smallest absolute Gasteiger partial charge is 0.225 e. The molecule has 136 valence electrons. The summed E-state index contributed by atoms with van der Waals surface area (Å²) in [5.41, 5.74) is 7.19. The Balaban J connectivity index is 1.43. The molecule has 2 heterocycles. The topological polar surface area (TPSA) is 66.6 Å². The van der Waals surface area contributed by atoms with Gasteiger partial charge >= 0.3 is 0 Å². The molecule has 2 fully saturated rings. The molecule has 0 aromatic heterocycles. The molecule has 5 nitrogen and oxygen atoms in total. The number of carbonyl (C=O) groups excluding carboxylic acids is 2. The second-order valence-electron chi connectivity index (χ2n) is 7.33. The van der Waals surface area contributed by atoms with Gasteiger partial charge in [-0.15, -0.1) is 0 Å². The molecule has 3 rings (SSSR count). The first-order valence-corrected chi connectivity index (χ1v) is 9.49. The zero-order valence-electron chi connectivity index (χ0n) is 14.9. The summed E-state index contributed by atoms with van der Waals surface area (Å²) < 4.78 is 0. The van der Waals surface area contributed by atoms with Gasteiger partial charge in [0.05, 0.1) is 0 Å². The van der Waals surface area contributed by atoms with Crippen molar-refractivity contribution in [1.82, 2.24) is 9.80 Å². The van der Waals surface area contributed by atoms with Crippen LogP contribution < -0.4 is 5.73 Å². The number of aryl methyl sites for hydroxylation is 1. The lowest BCUT2D eigenvalue weighted by Gasteiger charge is -2.37. The second kappa shape index (κ2) is 8.48. The van der Waals surface area contributed by atoms with Crippen LogP contribution in [0.2, 0.25) is 0 Å². The summed E-state index contributed by atoms with van der Waals surface area (Å²) in [5, 5.41) is 0. The lowest BCUT2D eigenvalue weighted by Crippen LogP contribution is -2.50. The molecule has 2 saturated heterocycles.